The van der Waals surface area contributed by atoms with Crippen molar-refractivity contribution in [3.63, 3.8) is 0 Å². The molecule has 0 amide bonds. The lowest BCUT2D eigenvalue weighted by Crippen LogP contribution is -2.38. The van der Waals surface area contributed by atoms with E-state index in [1.165, 1.54) is 38.1 Å². The van der Waals surface area contributed by atoms with Crippen LogP contribution in [0.25, 0.3) is 11.3 Å². The molecule has 4 aromatic rings. The first-order chi connectivity index (χ1) is 18.8. The second-order valence-electron chi connectivity index (χ2n) is 9.96. The van der Waals surface area contributed by atoms with E-state index in [4.69, 9.17) is 9.72 Å². The number of hydrogen-bond acceptors (Lipinski definition) is 4. The predicted octanol–water partition coefficient (Wildman–Crippen LogP) is 7.66. The lowest BCUT2D eigenvalue weighted by Gasteiger charge is -2.26. The van der Waals surface area contributed by atoms with Crippen LogP contribution in [0.15, 0.2) is 84.9 Å². The zero-order valence-electron chi connectivity index (χ0n) is 22.2. The molecular formula is C31H28F4N2O3. The molecule has 40 heavy (non-hydrogen) atoms. The second-order valence-corrected chi connectivity index (χ2v) is 9.96. The number of halogens is 4. The highest BCUT2D eigenvalue weighted by molar-refractivity contribution is 5.76. The fourth-order valence-corrected chi connectivity index (χ4v) is 4.08. The van der Waals surface area contributed by atoms with Crippen molar-refractivity contribution >= 4 is 11.8 Å². The smallest absolute Gasteiger partial charge is 0.416 e. The van der Waals surface area contributed by atoms with Gasteiger partial charge in [0.2, 0.25) is 0 Å². The molecule has 208 valence electrons. The molecular weight excluding hydrogens is 524 g/mol. The zero-order chi connectivity index (χ0) is 29.1. The van der Waals surface area contributed by atoms with E-state index in [2.05, 4.69) is 0 Å². The minimum absolute atomic E-state index is 0.353. The second kappa shape index (κ2) is 11.4. The van der Waals surface area contributed by atoms with Crippen LogP contribution >= 0.6 is 0 Å². The van der Waals surface area contributed by atoms with Gasteiger partial charge in [0, 0.05) is 18.7 Å². The molecule has 9 heteroatoms. The highest BCUT2D eigenvalue weighted by Gasteiger charge is 2.31. The lowest BCUT2D eigenvalue weighted by molar-refractivity contribution is -0.152. The van der Waals surface area contributed by atoms with E-state index in [-0.39, 0.29) is 5.82 Å². The maximum atomic E-state index is 13.5. The average molecular weight is 553 g/mol. The molecule has 1 aromatic heterocycles. The highest BCUT2D eigenvalue weighted by atomic mass is 19.4. The summed E-state index contributed by atoms with van der Waals surface area (Å²) in [4.78, 5) is 18.2. The lowest BCUT2D eigenvalue weighted by atomic mass is 10.1. The molecule has 0 aliphatic rings. The third kappa shape index (κ3) is 6.97. The van der Waals surface area contributed by atoms with Gasteiger partial charge in [-0.3, -0.25) is 0 Å². The topological polar surface area (TPSA) is 62.7 Å². The first kappa shape index (κ1) is 28.6. The standard InChI is InChI=1S/C31H28F4N2O3/c1-20-17-22(9-16-27(20)40-30(2,3)29(38)39)19-37(18-21-7-14-25(32)15-8-21)28-6-4-5-26(36-28)23-10-12-24(13-11-23)31(33,34)35/h4-17H,18-19H2,1-3H3,(H,38,39). The van der Waals surface area contributed by atoms with Gasteiger partial charge in [-0.25, -0.2) is 14.2 Å². The number of benzene rings is 3. The summed E-state index contributed by atoms with van der Waals surface area (Å²) in [7, 11) is 0. The summed E-state index contributed by atoms with van der Waals surface area (Å²) in [5.74, 6) is -0.413. The van der Waals surface area contributed by atoms with E-state index in [9.17, 15) is 27.5 Å². The number of pyridine rings is 1. The maximum Gasteiger partial charge on any atom is 0.416 e. The van der Waals surface area contributed by atoms with E-state index in [1.807, 2.05) is 24.0 Å². The molecule has 0 saturated carbocycles. The van der Waals surface area contributed by atoms with Crippen LogP contribution in [0.2, 0.25) is 0 Å². The van der Waals surface area contributed by atoms with E-state index in [1.54, 1.807) is 36.4 Å². The van der Waals surface area contributed by atoms with Crippen LogP contribution in [0, 0.1) is 12.7 Å². The van der Waals surface area contributed by atoms with Gasteiger partial charge in [0.1, 0.15) is 17.4 Å². The molecule has 0 spiro atoms. The Bertz CT molecular complexity index is 1480. The van der Waals surface area contributed by atoms with Crippen LogP contribution < -0.4 is 9.64 Å². The Balaban J connectivity index is 1.65. The van der Waals surface area contributed by atoms with Crippen LogP contribution in [0.5, 0.6) is 5.75 Å². The number of carboxylic acid groups (broad SMARTS) is 1. The molecule has 0 aliphatic carbocycles. The number of ether oxygens (including phenoxy) is 1. The Labute approximate surface area is 229 Å². The Hall–Kier alpha value is -4.40. The summed E-state index contributed by atoms with van der Waals surface area (Å²) < 4.78 is 58.3. The Morgan fingerprint density at radius 2 is 1.52 bits per heavy atom. The number of aromatic nitrogens is 1. The van der Waals surface area contributed by atoms with E-state index < -0.39 is 23.3 Å². The summed E-state index contributed by atoms with van der Waals surface area (Å²) in [6, 6.07) is 21.7. The molecule has 0 bridgehead atoms. The van der Waals surface area contributed by atoms with Crippen molar-refractivity contribution in [1.82, 2.24) is 4.98 Å². The average Bonchev–Trinajstić information content (AvgIpc) is 2.90. The minimum Gasteiger partial charge on any atom is -0.478 e. The number of hydrogen-bond donors (Lipinski definition) is 1. The number of alkyl halides is 3. The van der Waals surface area contributed by atoms with Gasteiger partial charge in [-0.05, 0) is 79.9 Å². The van der Waals surface area contributed by atoms with Gasteiger partial charge in [0.25, 0.3) is 0 Å². The summed E-state index contributed by atoms with van der Waals surface area (Å²) in [6.45, 7) is 5.55. The van der Waals surface area contributed by atoms with Crippen LogP contribution in [-0.4, -0.2) is 21.7 Å². The third-order valence-electron chi connectivity index (χ3n) is 6.35. The summed E-state index contributed by atoms with van der Waals surface area (Å²) >= 11 is 0. The van der Waals surface area contributed by atoms with Crippen molar-refractivity contribution in [2.45, 2.75) is 45.6 Å². The zero-order valence-corrected chi connectivity index (χ0v) is 22.2. The Morgan fingerprint density at radius 3 is 2.12 bits per heavy atom. The molecule has 4 rings (SSSR count). The quantitative estimate of drug-likeness (QED) is 0.216. The molecule has 0 radical (unpaired) electrons. The first-order valence-electron chi connectivity index (χ1n) is 12.5. The number of rotatable bonds is 9. The number of carbonyl (C=O) groups is 1. The maximum absolute atomic E-state index is 13.5. The van der Waals surface area contributed by atoms with Crippen molar-refractivity contribution in [3.8, 4) is 17.0 Å². The van der Waals surface area contributed by atoms with Crippen molar-refractivity contribution in [2.24, 2.45) is 0 Å². The number of carboxylic acids is 1. The normalized spacial score (nSPS) is 11.8. The molecule has 3 aromatic carbocycles. The van der Waals surface area contributed by atoms with Gasteiger partial charge >= 0.3 is 12.1 Å². The van der Waals surface area contributed by atoms with Gasteiger partial charge in [-0.1, -0.05) is 42.5 Å². The van der Waals surface area contributed by atoms with Crippen LogP contribution in [0.4, 0.5) is 23.4 Å². The van der Waals surface area contributed by atoms with Gasteiger partial charge < -0.3 is 14.7 Å². The number of anilines is 1. The number of nitrogens with zero attached hydrogens (tertiary/aromatic N) is 2. The largest absolute Gasteiger partial charge is 0.478 e. The van der Waals surface area contributed by atoms with E-state index >= 15 is 0 Å². The summed E-state index contributed by atoms with van der Waals surface area (Å²) in [5, 5.41) is 9.39. The van der Waals surface area contributed by atoms with Crippen molar-refractivity contribution < 1.29 is 32.2 Å². The van der Waals surface area contributed by atoms with Crippen molar-refractivity contribution in [2.75, 3.05) is 4.90 Å². The third-order valence-corrected chi connectivity index (χ3v) is 6.35. The van der Waals surface area contributed by atoms with Crippen molar-refractivity contribution in [1.29, 1.82) is 0 Å². The summed E-state index contributed by atoms with van der Waals surface area (Å²) in [5.41, 5.74) is 1.38. The first-order valence-corrected chi connectivity index (χ1v) is 12.5. The van der Waals surface area contributed by atoms with Gasteiger partial charge in [0.05, 0.1) is 11.3 Å². The molecule has 5 nitrogen and oxygen atoms in total. The Kier molecular flexibility index (Phi) is 8.13. The molecule has 1 N–H and O–H groups in total. The summed E-state index contributed by atoms with van der Waals surface area (Å²) in [6.07, 6.45) is -4.43. The fourth-order valence-electron chi connectivity index (χ4n) is 4.08. The van der Waals surface area contributed by atoms with Gasteiger partial charge in [0.15, 0.2) is 5.60 Å². The van der Waals surface area contributed by atoms with Crippen molar-refractivity contribution in [3.05, 3.63) is 113 Å². The van der Waals surface area contributed by atoms with E-state index in [0.29, 0.717) is 35.9 Å². The Morgan fingerprint density at radius 1 is 0.900 bits per heavy atom. The monoisotopic (exact) mass is 552 g/mol. The van der Waals surface area contributed by atoms with E-state index in [0.717, 1.165) is 28.8 Å². The molecule has 0 unspecified atom stereocenters. The highest BCUT2D eigenvalue weighted by Crippen LogP contribution is 2.31. The number of aliphatic carboxylic acids is 1. The minimum atomic E-state index is -4.43. The molecule has 0 saturated heterocycles. The van der Waals surface area contributed by atoms with Crippen LogP contribution in [0.3, 0.4) is 0 Å². The number of aryl methyl sites for hydroxylation is 1. The molecule has 0 fully saturated rings. The molecule has 0 atom stereocenters. The van der Waals surface area contributed by atoms with Gasteiger partial charge in [-0.2, -0.15) is 13.2 Å². The predicted molar refractivity (Wildman–Crippen MR) is 144 cm³/mol. The SMILES string of the molecule is Cc1cc(CN(Cc2ccc(F)cc2)c2cccc(-c3ccc(C(F)(F)F)cc3)n2)ccc1OC(C)(C)C(=O)O. The van der Waals surface area contributed by atoms with Crippen LogP contribution in [-0.2, 0) is 24.1 Å². The molecule has 0 aliphatic heterocycles. The molecule has 1 heterocycles. The van der Waals surface area contributed by atoms with Crippen LogP contribution in [0.1, 0.15) is 36.1 Å². The van der Waals surface area contributed by atoms with Gasteiger partial charge in [-0.15, -0.1) is 0 Å². The fraction of sp³-hybridized carbons (Fsp3) is 0.226.